The molecule has 1 atom stereocenters. The summed E-state index contributed by atoms with van der Waals surface area (Å²) in [6.45, 7) is 1.42. The molecule has 16 heavy (non-hydrogen) atoms. The van der Waals surface area contributed by atoms with Crippen LogP contribution in [0.5, 0.6) is 0 Å². The first-order chi connectivity index (χ1) is 7.54. The van der Waals surface area contributed by atoms with Crippen molar-refractivity contribution in [3.05, 3.63) is 9.93 Å². The van der Waals surface area contributed by atoms with Gasteiger partial charge in [-0.2, -0.15) is 0 Å². The number of hydrogen-bond donors (Lipinski definition) is 0. The molecule has 1 fully saturated rings. The second-order valence-electron chi connectivity index (χ2n) is 3.26. The Morgan fingerprint density at radius 3 is 2.75 bits per heavy atom. The van der Waals surface area contributed by atoms with Gasteiger partial charge in [0.1, 0.15) is 0 Å². The SMILES string of the molecule is COC(=O)C1=C(SC(C)=O)SC2CC(=O)N12. The number of rotatable bonds is 2. The van der Waals surface area contributed by atoms with Gasteiger partial charge >= 0.3 is 5.97 Å². The van der Waals surface area contributed by atoms with E-state index in [1.165, 1.54) is 30.7 Å². The summed E-state index contributed by atoms with van der Waals surface area (Å²) in [4.78, 5) is 35.3. The maximum Gasteiger partial charge on any atom is 0.356 e. The summed E-state index contributed by atoms with van der Waals surface area (Å²) >= 11 is 2.34. The van der Waals surface area contributed by atoms with Crippen LogP contribution in [0.4, 0.5) is 0 Å². The molecule has 1 amide bonds. The molecule has 0 saturated carbocycles. The van der Waals surface area contributed by atoms with Crippen LogP contribution in [0, 0.1) is 0 Å². The highest BCUT2D eigenvalue weighted by Crippen LogP contribution is 2.50. The number of carbonyl (C=O) groups excluding carboxylic acids is 3. The Labute approximate surface area is 101 Å². The zero-order valence-electron chi connectivity index (χ0n) is 8.68. The first-order valence-corrected chi connectivity index (χ1v) is 6.24. The van der Waals surface area contributed by atoms with Gasteiger partial charge in [0.2, 0.25) is 5.91 Å². The molecular weight excluding hydrogens is 250 g/mol. The Balaban J connectivity index is 2.30. The number of β-lactam (4-membered cyclic amide) rings is 1. The van der Waals surface area contributed by atoms with Gasteiger partial charge in [-0.15, -0.1) is 0 Å². The largest absolute Gasteiger partial charge is 0.464 e. The van der Waals surface area contributed by atoms with E-state index in [1.807, 2.05) is 0 Å². The summed E-state index contributed by atoms with van der Waals surface area (Å²) < 4.78 is 5.18. The lowest BCUT2D eigenvalue weighted by Crippen LogP contribution is -2.48. The fourth-order valence-electron chi connectivity index (χ4n) is 1.51. The predicted octanol–water partition coefficient (Wildman–Crippen LogP) is 0.913. The van der Waals surface area contributed by atoms with Crippen molar-refractivity contribution in [1.82, 2.24) is 4.90 Å². The lowest BCUT2D eigenvalue weighted by Gasteiger charge is -2.34. The van der Waals surface area contributed by atoms with Gasteiger partial charge in [-0.3, -0.25) is 14.5 Å². The zero-order chi connectivity index (χ0) is 11.9. The molecule has 1 saturated heterocycles. The molecular formula is C9H9NO4S2. The van der Waals surface area contributed by atoms with Gasteiger partial charge in [0.05, 0.1) is 23.1 Å². The van der Waals surface area contributed by atoms with Gasteiger partial charge in [0.25, 0.3) is 0 Å². The molecule has 0 aromatic carbocycles. The van der Waals surface area contributed by atoms with Crippen LogP contribution in [0.15, 0.2) is 9.93 Å². The zero-order valence-corrected chi connectivity index (χ0v) is 10.3. The van der Waals surface area contributed by atoms with Gasteiger partial charge in [-0.1, -0.05) is 11.8 Å². The van der Waals surface area contributed by atoms with Crippen LogP contribution in [0.1, 0.15) is 13.3 Å². The summed E-state index contributed by atoms with van der Waals surface area (Å²) in [6.07, 6.45) is 0.410. The van der Waals surface area contributed by atoms with Gasteiger partial charge in [0, 0.05) is 6.92 Å². The van der Waals surface area contributed by atoms with Gasteiger partial charge in [-0.25, -0.2) is 4.79 Å². The molecule has 0 aromatic heterocycles. The number of hydrogen-bond acceptors (Lipinski definition) is 6. The molecule has 0 N–H and O–H groups in total. The smallest absolute Gasteiger partial charge is 0.356 e. The molecule has 86 valence electrons. The second-order valence-corrected chi connectivity index (χ2v) is 5.90. The van der Waals surface area contributed by atoms with E-state index in [1.54, 1.807) is 0 Å². The van der Waals surface area contributed by atoms with E-state index in [9.17, 15) is 14.4 Å². The third-order valence-electron chi connectivity index (χ3n) is 2.20. The maximum atomic E-state index is 11.5. The molecule has 1 unspecified atom stereocenters. The molecule has 0 aromatic rings. The number of ether oxygens (including phenoxy) is 1. The number of fused-ring (bicyclic) bond motifs is 1. The lowest BCUT2D eigenvalue weighted by atomic mass is 10.2. The van der Waals surface area contributed by atoms with Crippen molar-refractivity contribution in [2.45, 2.75) is 18.7 Å². The van der Waals surface area contributed by atoms with Crippen molar-refractivity contribution < 1.29 is 19.1 Å². The van der Waals surface area contributed by atoms with Gasteiger partial charge < -0.3 is 4.74 Å². The van der Waals surface area contributed by atoms with Crippen LogP contribution in [-0.4, -0.2) is 34.4 Å². The summed E-state index contributed by atoms with van der Waals surface area (Å²) in [6, 6.07) is 0. The topological polar surface area (TPSA) is 63.7 Å². The van der Waals surface area contributed by atoms with Crippen molar-refractivity contribution in [3.8, 4) is 0 Å². The van der Waals surface area contributed by atoms with E-state index in [-0.39, 0.29) is 22.1 Å². The molecule has 2 heterocycles. The third-order valence-corrected chi connectivity index (χ3v) is 4.46. The van der Waals surface area contributed by atoms with Crippen molar-refractivity contribution in [2.24, 2.45) is 0 Å². The molecule has 0 aliphatic carbocycles. The number of amides is 1. The van der Waals surface area contributed by atoms with Crippen LogP contribution in [-0.2, 0) is 19.1 Å². The van der Waals surface area contributed by atoms with Crippen molar-refractivity contribution >= 4 is 40.5 Å². The number of nitrogens with zero attached hydrogens (tertiary/aromatic N) is 1. The molecule has 5 nitrogen and oxygen atoms in total. The minimum absolute atomic E-state index is 0.0385. The van der Waals surface area contributed by atoms with Crippen LogP contribution < -0.4 is 0 Å². The third kappa shape index (κ3) is 1.73. The number of thioether (sulfide) groups is 2. The Hall–Kier alpha value is -0.950. The molecule has 2 rings (SSSR count). The quantitative estimate of drug-likeness (QED) is 0.542. The van der Waals surface area contributed by atoms with Crippen LogP contribution >= 0.6 is 23.5 Å². The fraction of sp³-hybridized carbons (Fsp3) is 0.444. The summed E-state index contributed by atoms with van der Waals surface area (Å²) in [7, 11) is 1.26. The molecule has 0 spiro atoms. The standard InChI is InChI=1S/C9H9NO4S2/c1-4(11)15-9-7(8(13)14-2)10-5(12)3-6(10)16-9/h6H,3H2,1-2H3. The number of carbonyl (C=O) groups is 3. The molecule has 2 aliphatic heterocycles. The van der Waals surface area contributed by atoms with Crippen LogP contribution in [0.25, 0.3) is 0 Å². The maximum absolute atomic E-state index is 11.5. The minimum Gasteiger partial charge on any atom is -0.464 e. The summed E-state index contributed by atoms with van der Waals surface area (Å²) in [5.74, 6) is -0.663. The first kappa shape index (κ1) is 11.5. The Morgan fingerprint density at radius 1 is 1.56 bits per heavy atom. The van der Waals surface area contributed by atoms with Crippen molar-refractivity contribution in [1.29, 1.82) is 0 Å². The highest BCUT2D eigenvalue weighted by atomic mass is 32.2. The lowest BCUT2D eigenvalue weighted by molar-refractivity contribution is -0.147. The van der Waals surface area contributed by atoms with Crippen LogP contribution in [0.3, 0.4) is 0 Å². The van der Waals surface area contributed by atoms with E-state index in [0.717, 1.165) is 11.8 Å². The average Bonchev–Trinajstić information content (AvgIpc) is 2.49. The number of methoxy groups -OCH3 is 1. The average molecular weight is 259 g/mol. The van der Waals surface area contributed by atoms with Crippen molar-refractivity contribution in [2.75, 3.05) is 7.11 Å². The summed E-state index contributed by atoms with van der Waals surface area (Å²) in [5.41, 5.74) is 0.217. The monoisotopic (exact) mass is 259 g/mol. The predicted molar refractivity (Wildman–Crippen MR) is 60.2 cm³/mol. The Morgan fingerprint density at radius 2 is 2.25 bits per heavy atom. The molecule has 0 radical (unpaired) electrons. The van der Waals surface area contributed by atoms with E-state index in [2.05, 4.69) is 4.74 Å². The molecule has 7 heteroatoms. The Kier molecular flexibility index (Phi) is 2.98. The van der Waals surface area contributed by atoms with E-state index < -0.39 is 5.97 Å². The Bertz CT molecular complexity index is 418. The van der Waals surface area contributed by atoms with E-state index in [4.69, 9.17) is 0 Å². The minimum atomic E-state index is -0.563. The second kappa shape index (κ2) is 4.14. The van der Waals surface area contributed by atoms with Gasteiger partial charge in [-0.05, 0) is 11.8 Å². The highest BCUT2D eigenvalue weighted by Gasteiger charge is 2.49. The normalized spacial score (nSPS) is 23.0. The van der Waals surface area contributed by atoms with Gasteiger partial charge in [0.15, 0.2) is 10.8 Å². The van der Waals surface area contributed by atoms with E-state index in [0.29, 0.717) is 10.7 Å². The first-order valence-electron chi connectivity index (χ1n) is 4.54. The summed E-state index contributed by atoms with van der Waals surface area (Å²) in [5, 5.41) is -0.151. The van der Waals surface area contributed by atoms with Crippen molar-refractivity contribution in [3.63, 3.8) is 0 Å². The molecule has 0 bridgehead atoms. The fourth-order valence-corrected chi connectivity index (χ4v) is 4.02. The number of esters is 1. The highest BCUT2D eigenvalue weighted by molar-refractivity contribution is 8.29. The molecule has 2 aliphatic rings. The van der Waals surface area contributed by atoms with Crippen LogP contribution in [0.2, 0.25) is 0 Å². The van der Waals surface area contributed by atoms with E-state index >= 15 is 0 Å².